The molecule has 0 saturated carbocycles. The summed E-state index contributed by atoms with van der Waals surface area (Å²) >= 11 is 1.31. The second-order valence-corrected chi connectivity index (χ2v) is 8.20. The van der Waals surface area contributed by atoms with Crippen molar-refractivity contribution in [1.82, 2.24) is 10.2 Å². The molecule has 0 radical (unpaired) electrons. The molecule has 1 heterocycles. The molecule has 0 aliphatic heterocycles. The molecule has 0 spiro atoms. The first kappa shape index (κ1) is 21.6. The summed E-state index contributed by atoms with van der Waals surface area (Å²) in [4.78, 5) is 38.4. The van der Waals surface area contributed by atoms with Gasteiger partial charge in [-0.05, 0) is 42.9 Å². The maximum atomic E-state index is 13.0. The maximum Gasteiger partial charge on any atom is 0.276 e. The number of unbranched alkanes of at least 4 members (excludes halogenated alkanes) is 1. The molecule has 1 aliphatic rings. The van der Waals surface area contributed by atoms with Gasteiger partial charge in [-0.2, -0.15) is 5.10 Å². The number of para-hydroxylation sites is 2. The van der Waals surface area contributed by atoms with Gasteiger partial charge in [0.25, 0.3) is 5.91 Å². The van der Waals surface area contributed by atoms with Crippen LogP contribution < -0.4 is 10.1 Å². The second kappa shape index (κ2) is 10.1. The zero-order valence-electron chi connectivity index (χ0n) is 17.2. The Labute approximate surface area is 189 Å². The van der Waals surface area contributed by atoms with Gasteiger partial charge in [-0.3, -0.25) is 19.5 Å². The summed E-state index contributed by atoms with van der Waals surface area (Å²) in [6.07, 6.45) is 2.95. The van der Waals surface area contributed by atoms with Gasteiger partial charge in [0.1, 0.15) is 11.4 Å². The number of rotatable bonds is 9. The number of nitrogens with zero attached hydrogens (tertiary/aromatic N) is 1. The molecule has 1 aromatic heterocycles. The lowest BCUT2D eigenvalue weighted by atomic mass is 9.99. The Balaban J connectivity index is 1.34. The van der Waals surface area contributed by atoms with Gasteiger partial charge in [-0.15, -0.1) is 11.8 Å². The van der Waals surface area contributed by atoms with Crippen molar-refractivity contribution >= 4 is 34.9 Å². The quantitative estimate of drug-likeness (QED) is 0.468. The number of H-pyrrole nitrogens is 1. The number of hydrogen-bond acceptors (Lipinski definition) is 6. The monoisotopic (exact) mass is 447 g/mol. The largest absolute Gasteiger partial charge is 0.494 e. The van der Waals surface area contributed by atoms with Crippen LogP contribution in [0.1, 0.15) is 44.2 Å². The normalized spacial score (nSPS) is 12.8. The van der Waals surface area contributed by atoms with Gasteiger partial charge in [0.2, 0.25) is 11.6 Å². The number of nitrogens with one attached hydrogen (secondary N) is 2. The highest BCUT2D eigenvalue weighted by molar-refractivity contribution is 8.04. The Hall–Kier alpha value is -3.65. The number of hydrogen-bond donors (Lipinski definition) is 2. The van der Waals surface area contributed by atoms with Crippen LogP contribution in [0.5, 0.6) is 5.75 Å². The van der Waals surface area contributed by atoms with Crippen LogP contribution in [-0.2, 0) is 0 Å². The first-order chi connectivity index (χ1) is 15.6. The van der Waals surface area contributed by atoms with E-state index < -0.39 is 5.91 Å². The number of ketones is 2. The van der Waals surface area contributed by atoms with Gasteiger partial charge in [-0.1, -0.05) is 36.4 Å². The number of Topliss-reactive ketones (excluding diaryl/α,β-unsaturated/α-hetero) is 1. The lowest BCUT2D eigenvalue weighted by molar-refractivity contribution is 0.0979. The van der Waals surface area contributed by atoms with E-state index in [9.17, 15) is 14.4 Å². The van der Waals surface area contributed by atoms with E-state index in [4.69, 9.17) is 4.74 Å². The van der Waals surface area contributed by atoms with Crippen molar-refractivity contribution < 1.29 is 19.1 Å². The van der Waals surface area contributed by atoms with Crippen molar-refractivity contribution in [2.24, 2.45) is 0 Å². The molecule has 4 rings (SSSR count). The molecular formula is C24H21N3O4S. The van der Waals surface area contributed by atoms with Crippen LogP contribution in [0, 0.1) is 0 Å². The summed E-state index contributed by atoms with van der Waals surface area (Å²) in [5.74, 6) is 0.212. The van der Waals surface area contributed by atoms with E-state index in [0.29, 0.717) is 23.0 Å². The average molecular weight is 448 g/mol. The molecule has 0 saturated heterocycles. The molecule has 0 unspecified atom stereocenters. The van der Waals surface area contributed by atoms with E-state index in [0.717, 1.165) is 18.6 Å². The van der Waals surface area contributed by atoms with E-state index in [2.05, 4.69) is 15.5 Å². The molecular weight excluding hydrogens is 426 g/mol. The average Bonchev–Trinajstić information content (AvgIpc) is 3.27. The first-order valence-electron chi connectivity index (χ1n) is 10.2. The van der Waals surface area contributed by atoms with Gasteiger partial charge in [0.15, 0.2) is 5.69 Å². The minimum atomic E-state index is -0.542. The van der Waals surface area contributed by atoms with Crippen molar-refractivity contribution in [2.75, 3.05) is 17.7 Å². The van der Waals surface area contributed by atoms with Gasteiger partial charge in [0.05, 0.1) is 17.1 Å². The number of ether oxygens (including phenoxy) is 1. The number of carbonyl (C=O) groups is 3. The highest BCUT2D eigenvalue weighted by atomic mass is 32.2. The zero-order chi connectivity index (χ0) is 22.3. The summed E-state index contributed by atoms with van der Waals surface area (Å²) < 4.78 is 5.66. The van der Waals surface area contributed by atoms with Crippen LogP contribution in [0.2, 0.25) is 0 Å². The van der Waals surface area contributed by atoms with Crippen molar-refractivity contribution in [3.8, 4) is 5.75 Å². The van der Waals surface area contributed by atoms with Crippen molar-refractivity contribution in [3.63, 3.8) is 0 Å². The van der Waals surface area contributed by atoms with E-state index in [-0.39, 0.29) is 28.5 Å². The van der Waals surface area contributed by atoms with Gasteiger partial charge in [0, 0.05) is 11.8 Å². The standard InChI is InChI=1S/C24H21N3O4S/c28-18-15-19(32-14-8-7-13-31-17-11-5-2-6-12-17)23(29)20-21(18)26-27-22(20)24(30)25-16-9-3-1-4-10-16/h1-6,9-12,15H,7-8,13-14H2,(H,25,30)(H,26,27). The molecule has 0 fully saturated rings. The lowest BCUT2D eigenvalue weighted by Crippen LogP contribution is -2.20. The maximum absolute atomic E-state index is 13.0. The lowest BCUT2D eigenvalue weighted by Gasteiger charge is -2.12. The molecule has 2 N–H and O–H groups in total. The van der Waals surface area contributed by atoms with E-state index in [1.54, 1.807) is 24.3 Å². The number of aromatic amines is 1. The number of anilines is 1. The molecule has 1 aliphatic carbocycles. The summed E-state index contributed by atoms with van der Waals surface area (Å²) in [7, 11) is 0. The number of amides is 1. The fourth-order valence-electron chi connectivity index (χ4n) is 3.20. The number of carbonyl (C=O) groups excluding carboxylic acids is 3. The van der Waals surface area contributed by atoms with Crippen LogP contribution >= 0.6 is 11.8 Å². The van der Waals surface area contributed by atoms with Crippen molar-refractivity contribution in [1.29, 1.82) is 0 Å². The number of thioether (sulfide) groups is 1. The predicted octanol–water partition coefficient (Wildman–Crippen LogP) is 4.52. The van der Waals surface area contributed by atoms with Crippen LogP contribution in [0.4, 0.5) is 5.69 Å². The Morgan fingerprint density at radius 2 is 1.72 bits per heavy atom. The SMILES string of the molecule is O=C(Nc1ccccc1)c1n[nH]c2c1C(=O)C(SCCCCOc1ccccc1)=CC2=O. The van der Waals surface area contributed by atoms with Crippen LogP contribution in [0.25, 0.3) is 0 Å². The molecule has 0 atom stereocenters. The van der Waals surface area contributed by atoms with Gasteiger partial charge in [-0.25, -0.2) is 0 Å². The highest BCUT2D eigenvalue weighted by Crippen LogP contribution is 2.30. The summed E-state index contributed by atoms with van der Waals surface area (Å²) in [6.45, 7) is 0.576. The van der Waals surface area contributed by atoms with Crippen LogP contribution in [0.15, 0.2) is 71.6 Å². The topological polar surface area (TPSA) is 101 Å². The summed E-state index contributed by atoms with van der Waals surface area (Å²) in [6, 6.07) is 18.4. The third kappa shape index (κ3) is 4.97. The fraction of sp³-hybridized carbons (Fsp3) is 0.167. The predicted molar refractivity (Wildman–Crippen MR) is 123 cm³/mol. The number of benzene rings is 2. The van der Waals surface area contributed by atoms with Crippen LogP contribution in [0.3, 0.4) is 0 Å². The first-order valence-corrected chi connectivity index (χ1v) is 11.2. The third-order valence-electron chi connectivity index (χ3n) is 4.78. The number of aromatic nitrogens is 2. The zero-order valence-corrected chi connectivity index (χ0v) is 18.0. The van der Waals surface area contributed by atoms with Crippen molar-refractivity contribution in [3.05, 3.63) is 88.6 Å². The molecule has 3 aromatic rings. The van der Waals surface area contributed by atoms with E-state index in [1.807, 2.05) is 36.4 Å². The third-order valence-corrected chi connectivity index (χ3v) is 5.89. The minimum absolute atomic E-state index is 0.0286. The Bertz CT molecular complexity index is 1160. The number of fused-ring (bicyclic) bond motifs is 1. The molecule has 8 heteroatoms. The fourth-order valence-corrected chi connectivity index (χ4v) is 4.19. The number of allylic oxidation sites excluding steroid dienone is 2. The van der Waals surface area contributed by atoms with Gasteiger partial charge < -0.3 is 10.1 Å². The Kier molecular flexibility index (Phi) is 6.81. The molecule has 2 aromatic carbocycles. The Morgan fingerprint density at radius 1 is 1.00 bits per heavy atom. The van der Waals surface area contributed by atoms with Crippen LogP contribution in [-0.4, -0.2) is 40.0 Å². The molecule has 32 heavy (non-hydrogen) atoms. The minimum Gasteiger partial charge on any atom is -0.494 e. The molecule has 7 nitrogen and oxygen atoms in total. The smallest absolute Gasteiger partial charge is 0.276 e. The second-order valence-electron chi connectivity index (χ2n) is 7.06. The molecule has 1 amide bonds. The van der Waals surface area contributed by atoms with Gasteiger partial charge >= 0.3 is 0 Å². The summed E-state index contributed by atoms with van der Waals surface area (Å²) in [5, 5.41) is 9.18. The van der Waals surface area contributed by atoms with E-state index >= 15 is 0 Å². The Morgan fingerprint density at radius 3 is 2.47 bits per heavy atom. The van der Waals surface area contributed by atoms with Crippen molar-refractivity contribution in [2.45, 2.75) is 12.8 Å². The highest BCUT2D eigenvalue weighted by Gasteiger charge is 2.33. The van der Waals surface area contributed by atoms with E-state index in [1.165, 1.54) is 17.8 Å². The summed E-state index contributed by atoms with van der Waals surface area (Å²) in [5.41, 5.74) is 0.575. The molecule has 0 bridgehead atoms. The molecule has 162 valence electrons.